The largest absolute Gasteiger partial charge is 0.530 e. The van der Waals surface area contributed by atoms with E-state index in [0.29, 0.717) is 35.2 Å². The Balaban J connectivity index is 1.28. The average molecular weight is 909 g/mol. The molecule has 7 rings (SSSR count). The van der Waals surface area contributed by atoms with Gasteiger partial charge in [-0.25, -0.2) is 0 Å². The number of benzene rings is 6. The van der Waals surface area contributed by atoms with Gasteiger partial charge in [0.25, 0.3) is 0 Å². The second-order valence-corrected chi connectivity index (χ2v) is 15.1. The van der Waals surface area contributed by atoms with Crippen molar-refractivity contribution in [3.63, 3.8) is 0 Å². The summed E-state index contributed by atoms with van der Waals surface area (Å²) >= 11 is 0. The number of ether oxygens (including phenoxy) is 6. The zero-order chi connectivity index (χ0) is 45.3. The van der Waals surface area contributed by atoms with Crippen molar-refractivity contribution in [3.05, 3.63) is 143 Å². The summed E-state index contributed by atoms with van der Waals surface area (Å²) in [5.74, 6) is 1.25. The van der Waals surface area contributed by atoms with E-state index in [2.05, 4.69) is 0 Å². The highest BCUT2D eigenvalue weighted by molar-refractivity contribution is 7.43. The lowest BCUT2D eigenvalue weighted by Gasteiger charge is -2.25. The van der Waals surface area contributed by atoms with Crippen molar-refractivity contribution >= 4 is 41.3 Å². The van der Waals surface area contributed by atoms with Gasteiger partial charge in [-0.1, -0.05) is 24.3 Å². The normalized spacial score (nSPS) is 11.4. The fourth-order valence-electron chi connectivity index (χ4n) is 6.29. The van der Waals surface area contributed by atoms with Gasteiger partial charge in [-0.15, -0.1) is 0 Å². The summed E-state index contributed by atoms with van der Waals surface area (Å²) in [6.45, 7) is 0. The van der Waals surface area contributed by atoms with E-state index < -0.39 is 28.8 Å². The third-order valence-corrected chi connectivity index (χ3v) is 11.5. The first-order valence-corrected chi connectivity index (χ1v) is 21.1. The molecular formula is C46H38O16P2. The van der Waals surface area contributed by atoms with Crippen LogP contribution in [-0.4, -0.2) is 66.8 Å². The Labute approximate surface area is 369 Å². The van der Waals surface area contributed by atoms with Crippen molar-refractivity contribution < 1.29 is 74.7 Å². The van der Waals surface area contributed by atoms with Crippen LogP contribution in [0.5, 0.6) is 69.0 Å². The molecule has 0 bridgehead atoms. The molecule has 0 aromatic heterocycles. The van der Waals surface area contributed by atoms with Gasteiger partial charge in [-0.05, 0) is 72.8 Å². The second-order valence-electron chi connectivity index (χ2n) is 13.1. The highest BCUT2D eigenvalue weighted by Gasteiger charge is 2.38. The minimum atomic E-state index is -2.58. The summed E-state index contributed by atoms with van der Waals surface area (Å²) < 4.78 is 70.8. The molecule has 0 saturated heterocycles. The first-order valence-electron chi connectivity index (χ1n) is 18.9. The maximum atomic E-state index is 14.9. The summed E-state index contributed by atoms with van der Waals surface area (Å²) in [5, 5.41) is 0. The van der Waals surface area contributed by atoms with E-state index in [1.165, 1.54) is 103 Å². The van der Waals surface area contributed by atoms with Gasteiger partial charge in [0.15, 0.2) is 51.8 Å². The van der Waals surface area contributed by atoms with Crippen molar-refractivity contribution in [2.45, 2.75) is 0 Å². The molecule has 64 heavy (non-hydrogen) atoms. The Morgan fingerprint density at radius 3 is 1.05 bits per heavy atom. The zero-order valence-electron chi connectivity index (χ0n) is 35.0. The van der Waals surface area contributed by atoms with Crippen LogP contribution in [0.3, 0.4) is 0 Å². The molecule has 16 nitrogen and oxygen atoms in total. The SMILES string of the molecule is COc1ccc(OP(Oc2ccc(OC)cc2OC)Oc2cccc3c2C(=O)c2c(OP(Oc4ccc(C=O)cc4OC)Oc4ccc(C=O)cc4OC)cccc2C3=O)c(OC)c1. The number of ketones is 2. The number of rotatable bonds is 20. The van der Waals surface area contributed by atoms with Gasteiger partial charge >= 0.3 is 17.2 Å². The van der Waals surface area contributed by atoms with Gasteiger partial charge in [0.1, 0.15) is 35.6 Å². The molecule has 0 unspecified atom stereocenters. The third kappa shape index (κ3) is 9.43. The monoisotopic (exact) mass is 908 g/mol. The highest BCUT2D eigenvalue weighted by atomic mass is 31.2. The van der Waals surface area contributed by atoms with Gasteiger partial charge in [0, 0.05) is 34.4 Å². The van der Waals surface area contributed by atoms with Crippen LogP contribution in [0.2, 0.25) is 0 Å². The summed E-state index contributed by atoms with van der Waals surface area (Å²) in [6.07, 6.45) is 1.29. The van der Waals surface area contributed by atoms with Crippen molar-refractivity contribution in [2.24, 2.45) is 0 Å². The van der Waals surface area contributed by atoms with Crippen LogP contribution in [-0.2, 0) is 0 Å². The minimum absolute atomic E-state index is 0.0311. The molecule has 0 atom stereocenters. The minimum Gasteiger partial charge on any atom is -0.497 e. The zero-order valence-corrected chi connectivity index (χ0v) is 36.8. The van der Waals surface area contributed by atoms with Crippen molar-refractivity contribution in [3.8, 4) is 69.0 Å². The number of hydrogen-bond acceptors (Lipinski definition) is 16. The number of fused-ring (bicyclic) bond motifs is 2. The molecule has 0 N–H and O–H groups in total. The maximum Gasteiger partial charge on any atom is 0.530 e. The van der Waals surface area contributed by atoms with Crippen LogP contribution in [0.4, 0.5) is 0 Å². The van der Waals surface area contributed by atoms with Crippen LogP contribution < -0.4 is 55.6 Å². The number of carbonyl (C=O) groups is 4. The third-order valence-electron chi connectivity index (χ3n) is 9.42. The molecule has 0 fully saturated rings. The van der Waals surface area contributed by atoms with Crippen LogP contribution in [0.25, 0.3) is 0 Å². The van der Waals surface area contributed by atoms with Crippen LogP contribution >= 0.6 is 17.2 Å². The Kier molecular flexibility index (Phi) is 14.0. The van der Waals surface area contributed by atoms with Gasteiger partial charge in [-0.2, -0.15) is 0 Å². The van der Waals surface area contributed by atoms with E-state index >= 15 is 0 Å². The Hall–Kier alpha value is -7.54. The molecule has 6 aromatic carbocycles. The molecule has 328 valence electrons. The standard InChI is InChI=1S/C46H38O16P2/c1-51-29-15-19-35(41(23-29)55-5)59-64(60-36-20-16-30(52-2)24-42(36)56-6)62-38-12-8-10-32-44(38)46(50)43-31(45(32)49)9-7-11-37(43)61-63(57-33-17-13-27(25-47)21-39(33)53-3)58-34-18-14-28(26-48)22-40(34)54-4/h7-26H,1-6H3. The number of hydrogen-bond donors (Lipinski definition) is 0. The Bertz CT molecular complexity index is 2600. The number of carbonyl (C=O) groups excluding carboxylic acids is 4. The van der Waals surface area contributed by atoms with Crippen LogP contribution in [0, 0.1) is 0 Å². The molecule has 0 aliphatic heterocycles. The van der Waals surface area contributed by atoms with E-state index in [4.69, 9.17) is 55.6 Å². The van der Waals surface area contributed by atoms with E-state index in [1.54, 1.807) is 48.5 Å². The quantitative estimate of drug-likeness (QED) is 0.0521. The molecule has 0 spiro atoms. The average Bonchev–Trinajstić information content (AvgIpc) is 3.33. The molecule has 0 saturated carbocycles. The molecule has 1 aliphatic rings. The number of aldehydes is 2. The fourth-order valence-corrected chi connectivity index (χ4v) is 8.39. The molecule has 6 aromatic rings. The van der Waals surface area contributed by atoms with Crippen LogP contribution in [0.1, 0.15) is 52.6 Å². The lowest BCUT2D eigenvalue weighted by Crippen LogP contribution is -2.23. The van der Waals surface area contributed by atoms with Gasteiger partial charge < -0.3 is 55.6 Å². The topological polar surface area (TPSA) is 179 Å². The summed E-state index contributed by atoms with van der Waals surface area (Å²) in [7, 11) is 3.60. The Morgan fingerprint density at radius 1 is 0.359 bits per heavy atom. The van der Waals surface area contributed by atoms with E-state index in [-0.39, 0.29) is 79.7 Å². The smallest absolute Gasteiger partial charge is 0.497 e. The number of methoxy groups -OCH3 is 6. The van der Waals surface area contributed by atoms with Crippen molar-refractivity contribution in [2.75, 3.05) is 42.7 Å². The fraction of sp³-hybridized carbons (Fsp3) is 0.130. The van der Waals surface area contributed by atoms with Gasteiger partial charge in [-0.3, -0.25) is 19.2 Å². The van der Waals surface area contributed by atoms with E-state index in [0.717, 1.165) is 0 Å². The van der Waals surface area contributed by atoms with Gasteiger partial charge in [0.05, 0.1) is 53.8 Å². The van der Waals surface area contributed by atoms with Crippen LogP contribution in [0.15, 0.2) is 109 Å². The lowest BCUT2D eigenvalue weighted by atomic mass is 9.83. The van der Waals surface area contributed by atoms with Crippen molar-refractivity contribution in [1.82, 2.24) is 0 Å². The van der Waals surface area contributed by atoms with Crippen molar-refractivity contribution in [1.29, 1.82) is 0 Å². The van der Waals surface area contributed by atoms with Gasteiger partial charge in [0.2, 0.25) is 5.78 Å². The predicted molar refractivity (Wildman–Crippen MR) is 233 cm³/mol. The maximum absolute atomic E-state index is 14.9. The van der Waals surface area contributed by atoms with E-state index in [9.17, 15) is 19.2 Å². The first kappa shape index (κ1) is 44.5. The summed E-state index contributed by atoms with van der Waals surface area (Å²) in [5.41, 5.74) is 0.463. The first-order chi connectivity index (χ1) is 31.1. The molecule has 0 radical (unpaired) electrons. The molecular weight excluding hydrogens is 870 g/mol. The molecule has 18 heteroatoms. The highest BCUT2D eigenvalue weighted by Crippen LogP contribution is 2.52. The Morgan fingerprint density at radius 2 is 0.703 bits per heavy atom. The molecule has 1 aliphatic carbocycles. The predicted octanol–water partition coefficient (Wildman–Crippen LogP) is 9.67. The second kappa shape index (κ2) is 20.1. The summed E-state index contributed by atoms with van der Waals surface area (Å²) in [6, 6.07) is 27.7. The molecule has 0 amide bonds. The summed E-state index contributed by atoms with van der Waals surface area (Å²) in [4.78, 5) is 52.4. The molecule has 0 heterocycles. The lowest BCUT2D eigenvalue weighted by molar-refractivity contribution is 0.0975. The van der Waals surface area contributed by atoms with E-state index in [1.807, 2.05) is 0 Å².